The molecule has 0 amide bonds. The van der Waals surface area contributed by atoms with E-state index < -0.39 is 5.97 Å². The molecule has 6 rings (SSSR count). The average Bonchev–Trinajstić information content (AvgIpc) is 3.59. The fraction of sp³-hybridized carbons (Fsp3) is 0.0938. The van der Waals surface area contributed by atoms with Gasteiger partial charge in [-0.3, -0.25) is 4.98 Å². The number of anilines is 1. The van der Waals surface area contributed by atoms with Gasteiger partial charge in [-0.2, -0.15) is 0 Å². The number of pyridine rings is 1. The lowest BCUT2D eigenvalue weighted by Gasteiger charge is -2.29. The zero-order valence-corrected chi connectivity index (χ0v) is 22.5. The lowest BCUT2D eigenvalue weighted by molar-refractivity contribution is 0.0697. The van der Waals surface area contributed by atoms with Crippen LogP contribution in [0.3, 0.4) is 0 Å². The molecule has 1 fully saturated rings. The van der Waals surface area contributed by atoms with Crippen LogP contribution in [0.15, 0.2) is 116 Å². The summed E-state index contributed by atoms with van der Waals surface area (Å²) in [4.78, 5) is 18.1. The number of hydrogen-bond donors (Lipinski definition) is 2. The Hall–Kier alpha value is -4.95. The maximum atomic E-state index is 11.4. The predicted octanol–water partition coefficient (Wildman–Crippen LogP) is 6.85. The number of ether oxygens (including phenoxy) is 1. The minimum atomic E-state index is -0.958. The Morgan fingerprint density at radius 1 is 0.875 bits per heavy atom. The van der Waals surface area contributed by atoms with Gasteiger partial charge in [0.25, 0.3) is 0 Å². The molecule has 0 bridgehead atoms. The molecular formula is C32H26N4O3S. The number of carbonyl (C=O) groups is 1. The molecule has 3 aromatic carbocycles. The van der Waals surface area contributed by atoms with Crippen LogP contribution in [0.25, 0.3) is 5.69 Å². The zero-order valence-electron chi connectivity index (χ0n) is 21.6. The summed E-state index contributed by atoms with van der Waals surface area (Å²) in [5, 5.41) is 13.4. The van der Waals surface area contributed by atoms with Crippen molar-refractivity contribution in [3.05, 3.63) is 138 Å². The highest BCUT2D eigenvalue weighted by Gasteiger charge is 2.42. The molecule has 1 saturated heterocycles. The molecule has 0 unspecified atom stereocenters. The number of aryl methyl sites for hydroxylation is 1. The molecule has 0 aliphatic carbocycles. The van der Waals surface area contributed by atoms with Crippen LogP contribution in [0.1, 0.15) is 39.4 Å². The Morgan fingerprint density at radius 3 is 2.20 bits per heavy atom. The van der Waals surface area contributed by atoms with Crippen molar-refractivity contribution < 1.29 is 14.6 Å². The van der Waals surface area contributed by atoms with Crippen molar-refractivity contribution in [3.8, 4) is 17.2 Å². The number of carboxylic acids is 1. The van der Waals surface area contributed by atoms with E-state index in [9.17, 15) is 9.90 Å². The minimum Gasteiger partial charge on any atom is -0.478 e. The molecule has 2 aromatic heterocycles. The highest BCUT2D eigenvalue weighted by atomic mass is 32.1. The predicted molar refractivity (Wildman–Crippen MR) is 158 cm³/mol. The highest BCUT2D eigenvalue weighted by molar-refractivity contribution is 7.80. The summed E-state index contributed by atoms with van der Waals surface area (Å²) in [6.07, 6.45) is 3.75. The van der Waals surface area contributed by atoms with E-state index >= 15 is 0 Å². The molecule has 0 saturated carbocycles. The molecule has 1 aliphatic heterocycles. The van der Waals surface area contributed by atoms with E-state index in [4.69, 9.17) is 17.0 Å². The molecule has 0 radical (unpaired) electrons. The lowest BCUT2D eigenvalue weighted by atomic mass is 10.0. The van der Waals surface area contributed by atoms with Crippen LogP contribution in [-0.2, 0) is 0 Å². The van der Waals surface area contributed by atoms with Crippen molar-refractivity contribution in [2.24, 2.45) is 0 Å². The third kappa shape index (κ3) is 4.92. The van der Waals surface area contributed by atoms with Gasteiger partial charge < -0.3 is 24.6 Å². The van der Waals surface area contributed by atoms with Gasteiger partial charge in [0.2, 0.25) is 0 Å². The SMILES string of the molecule is Cc1ccc(Oc2ccc(N3C(=S)N[C@@H](c4ccccn4)[C@@H]3c3cccn3-c3ccc(C(=O)O)cc3)cc2)cc1. The van der Waals surface area contributed by atoms with Crippen LogP contribution in [0.4, 0.5) is 5.69 Å². The highest BCUT2D eigenvalue weighted by Crippen LogP contribution is 2.42. The minimum absolute atomic E-state index is 0.218. The summed E-state index contributed by atoms with van der Waals surface area (Å²) in [7, 11) is 0. The largest absolute Gasteiger partial charge is 0.478 e. The Labute approximate surface area is 237 Å². The second-order valence-corrected chi connectivity index (χ2v) is 9.95. The molecular weight excluding hydrogens is 520 g/mol. The number of thiocarbonyl (C=S) groups is 1. The second kappa shape index (κ2) is 10.7. The molecule has 8 heteroatoms. The topological polar surface area (TPSA) is 79.6 Å². The third-order valence-electron chi connectivity index (χ3n) is 6.95. The molecule has 1 aliphatic rings. The van der Waals surface area contributed by atoms with Crippen LogP contribution in [0.2, 0.25) is 0 Å². The van der Waals surface area contributed by atoms with Crippen molar-refractivity contribution >= 4 is 29.0 Å². The molecule has 2 atom stereocenters. The van der Waals surface area contributed by atoms with Gasteiger partial charge in [0, 0.05) is 29.5 Å². The van der Waals surface area contributed by atoms with Gasteiger partial charge >= 0.3 is 5.97 Å². The molecule has 198 valence electrons. The summed E-state index contributed by atoms with van der Waals surface area (Å²) in [6, 6.07) is 32.1. The Kier molecular flexibility index (Phi) is 6.76. The standard InChI is InChI=1S/C32H26N4O3S/c1-21-7-15-25(16-8-21)39-26-17-13-24(14-18-26)36-30(29(34-32(36)40)27-5-2-3-19-33-27)28-6-4-20-35(28)23-11-9-22(10-12-23)31(37)38/h2-20,29-30H,1H3,(H,34,40)(H,37,38)/t29-,30-/m0/s1. The van der Waals surface area contributed by atoms with Crippen LogP contribution in [-0.4, -0.2) is 25.7 Å². The van der Waals surface area contributed by atoms with Crippen molar-refractivity contribution in [3.63, 3.8) is 0 Å². The van der Waals surface area contributed by atoms with Crippen molar-refractivity contribution in [1.29, 1.82) is 0 Å². The number of nitrogens with zero attached hydrogens (tertiary/aromatic N) is 3. The van der Waals surface area contributed by atoms with E-state index in [0.717, 1.165) is 34.3 Å². The number of hydrogen-bond acceptors (Lipinski definition) is 4. The Morgan fingerprint density at radius 2 is 1.55 bits per heavy atom. The van der Waals surface area contributed by atoms with Crippen molar-refractivity contribution in [2.75, 3.05) is 4.90 Å². The molecule has 3 heterocycles. The number of rotatable bonds is 7. The first-order valence-electron chi connectivity index (χ1n) is 12.8. The second-order valence-electron chi connectivity index (χ2n) is 9.56. The van der Waals surface area contributed by atoms with Crippen molar-refractivity contribution in [1.82, 2.24) is 14.9 Å². The van der Waals surface area contributed by atoms with Gasteiger partial charge in [0.1, 0.15) is 17.5 Å². The molecule has 0 spiro atoms. The summed E-state index contributed by atoms with van der Waals surface area (Å²) >= 11 is 5.89. The number of carboxylic acid groups (broad SMARTS) is 1. The van der Waals surface area contributed by atoms with E-state index in [-0.39, 0.29) is 17.6 Å². The fourth-order valence-corrected chi connectivity index (χ4v) is 5.33. The Balaban J connectivity index is 1.38. The fourth-order valence-electron chi connectivity index (χ4n) is 4.99. The van der Waals surface area contributed by atoms with Gasteiger partial charge in [-0.05, 0) is 104 Å². The van der Waals surface area contributed by atoms with E-state index in [1.165, 1.54) is 5.56 Å². The van der Waals surface area contributed by atoms with E-state index in [0.29, 0.717) is 5.11 Å². The summed E-state index contributed by atoms with van der Waals surface area (Å²) < 4.78 is 8.11. The lowest BCUT2D eigenvalue weighted by Crippen LogP contribution is -2.30. The smallest absolute Gasteiger partial charge is 0.335 e. The van der Waals surface area contributed by atoms with Crippen LogP contribution in [0, 0.1) is 6.92 Å². The van der Waals surface area contributed by atoms with E-state index in [1.54, 1.807) is 18.3 Å². The first-order chi connectivity index (χ1) is 19.5. The van der Waals surface area contributed by atoms with E-state index in [1.807, 2.05) is 98.0 Å². The number of aromatic nitrogens is 2. The van der Waals surface area contributed by atoms with Gasteiger partial charge in [-0.1, -0.05) is 23.8 Å². The molecule has 5 aromatic rings. The van der Waals surface area contributed by atoms with Crippen LogP contribution in [0.5, 0.6) is 11.5 Å². The number of nitrogens with one attached hydrogen (secondary N) is 1. The first kappa shape index (κ1) is 25.3. The van der Waals surface area contributed by atoms with Crippen LogP contribution >= 0.6 is 12.2 Å². The quantitative estimate of drug-likeness (QED) is 0.216. The maximum Gasteiger partial charge on any atom is 0.335 e. The monoisotopic (exact) mass is 546 g/mol. The summed E-state index contributed by atoms with van der Waals surface area (Å²) in [5.41, 5.74) is 5.02. The maximum absolute atomic E-state index is 11.4. The first-order valence-corrected chi connectivity index (χ1v) is 13.2. The number of benzene rings is 3. The van der Waals surface area contributed by atoms with Gasteiger partial charge in [-0.15, -0.1) is 0 Å². The summed E-state index contributed by atoms with van der Waals surface area (Å²) in [5.74, 6) is 0.544. The third-order valence-corrected chi connectivity index (χ3v) is 7.26. The van der Waals surface area contributed by atoms with Gasteiger partial charge in [0.15, 0.2) is 5.11 Å². The van der Waals surface area contributed by atoms with Crippen LogP contribution < -0.4 is 15.0 Å². The van der Waals surface area contributed by atoms with Gasteiger partial charge in [-0.25, -0.2) is 4.79 Å². The van der Waals surface area contributed by atoms with Gasteiger partial charge in [0.05, 0.1) is 17.3 Å². The molecule has 2 N–H and O–H groups in total. The molecule has 7 nitrogen and oxygen atoms in total. The van der Waals surface area contributed by atoms with Crippen molar-refractivity contribution in [2.45, 2.75) is 19.0 Å². The normalized spacial score (nSPS) is 16.5. The molecule has 40 heavy (non-hydrogen) atoms. The summed E-state index contributed by atoms with van der Waals surface area (Å²) in [6.45, 7) is 2.04. The average molecular weight is 547 g/mol. The zero-order chi connectivity index (χ0) is 27.6. The van der Waals surface area contributed by atoms with E-state index in [2.05, 4.69) is 25.8 Å². The Bertz CT molecular complexity index is 1650. The number of aromatic carboxylic acids is 1.